The van der Waals surface area contributed by atoms with E-state index in [2.05, 4.69) is 15.6 Å². The summed E-state index contributed by atoms with van der Waals surface area (Å²) >= 11 is 0. The molecule has 0 spiro atoms. The van der Waals surface area contributed by atoms with Gasteiger partial charge < -0.3 is 15.1 Å². The van der Waals surface area contributed by atoms with Crippen molar-refractivity contribution in [1.82, 2.24) is 19.9 Å². The lowest BCUT2D eigenvalue weighted by atomic mass is 10.0. The number of aromatic nitrogens is 1. The molecule has 1 aromatic carbocycles. The monoisotopic (exact) mass is 536 g/mol. The summed E-state index contributed by atoms with van der Waals surface area (Å²) in [6.07, 6.45) is 4.45. The highest BCUT2D eigenvalue weighted by molar-refractivity contribution is 7.89. The minimum absolute atomic E-state index is 0.0432. The molecule has 0 radical (unpaired) electrons. The molecular formula is C27H28N4O6S. The van der Waals surface area contributed by atoms with E-state index in [0.29, 0.717) is 12.0 Å². The molecule has 0 unspecified atom stereocenters. The van der Waals surface area contributed by atoms with Crippen LogP contribution in [0.4, 0.5) is 0 Å². The smallest absolute Gasteiger partial charge is 0.287 e. The van der Waals surface area contributed by atoms with Gasteiger partial charge in [-0.25, -0.2) is 4.98 Å². The first kappa shape index (κ1) is 26.8. The number of allylic oxidation sites excluding steroid dienone is 3. The van der Waals surface area contributed by atoms with Crippen LogP contribution in [-0.2, 0) is 19.6 Å². The number of amides is 2. The van der Waals surface area contributed by atoms with Gasteiger partial charge in [0.1, 0.15) is 11.6 Å². The number of carbonyl (C=O) groups is 3. The number of hydrogen-bond donors (Lipinski definition) is 2. The SMILES string of the molecule is CC1=CC=C(NC(=O)[C@H](CC(C)C)NC(=O)c2cc3ccccc3o2)C(=O)CN1S(=O)(=O)c1ccccn1. The fourth-order valence-electron chi connectivity index (χ4n) is 3.96. The predicted octanol–water partition coefficient (Wildman–Crippen LogP) is 3.15. The molecule has 2 N–H and O–H groups in total. The number of furan rings is 1. The Labute approximate surface area is 220 Å². The van der Waals surface area contributed by atoms with E-state index in [1.54, 1.807) is 31.2 Å². The highest BCUT2D eigenvalue weighted by atomic mass is 32.2. The lowest BCUT2D eigenvalue weighted by Gasteiger charge is -2.23. The number of sulfonamides is 1. The Hall–Kier alpha value is -4.25. The average molecular weight is 537 g/mol. The zero-order valence-corrected chi connectivity index (χ0v) is 22.0. The summed E-state index contributed by atoms with van der Waals surface area (Å²) in [6.45, 7) is 4.82. The van der Waals surface area contributed by atoms with Crippen molar-refractivity contribution in [1.29, 1.82) is 0 Å². The van der Waals surface area contributed by atoms with E-state index in [4.69, 9.17) is 4.42 Å². The highest BCUT2D eigenvalue weighted by Gasteiger charge is 2.32. The zero-order valence-electron chi connectivity index (χ0n) is 21.2. The second-order valence-electron chi connectivity index (χ2n) is 9.28. The van der Waals surface area contributed by atoms with E-state index in [9.17, 15) is 22.8 Å². The van der Waals surface area contributed by atoms with E-state index < -0.39 is 40.2 Å². The Morgan fingerprint density at radius 1 is 1.11 bits per heavy atom. The van der Waals surface area contributed by atoms with Crippen molar-refractivity contribution in [2.75, 3.05) is 6.54 Å². The molecule has 1 aliphatic rings. The maximum Gasteiger partial charge on any atom is 0.287 e. The van der Waals surface area contributed by atoms with Gasteiger partial charge in [-0.3, -0.25) is 18.7 Å². The third-order valence-electron chi connectivity index (χ3n) is 5.90. The largest absolute Gasteiger partial charge is 0.451 e. The van der Waals surface area contributed by atoms with Crippen molar-refractivity contribution in [2.45, 2.75) is 38.3 Å². The third-order valence-corrected chi connectivity index (χ3v) is 7.67. The standard InChI is InChI=1S/C27H28N4O6S/c1-17(2)14-21(30-27(34)24-15-19-8-4-5-9-23(19)37-24)26(33)29-20-12-11-18(3)31(16-22(20)32)38(35,36)25-10-6-7-13-28-25/h4-13,15,17,21H,14,16H2,1-3H3,(H,29,33)(H,30,34)/t21-/m0/s1. The number of pyridine rings is 1. The highest BCUT2D eigenvalue weighted by Crippen LogP contribution is 2.22. The molecule has 2 amide bonds. The Balaban J connectivity index is 1.50. The third kappa shape index (κ3) is 5.83. The molecule has 10 nitrogen and oxygen atoms in total. The average Bonchev–Trinajstić information content (AvgIpc) is 3.27. The Morgan fingerprint density at radius 3 is 2.53 bits per heavy atom. The van der Waals surface area contributed by atoms with Crippen molar-refractivity contribution in [3.05, 3.63) is 84.0 Å². The summed E-state index contributed by atoms with van der Waals surface area (Å²) in [5, 5.41) is 5.83. The van der Waals surface area contributed by atoms with Crippen molar-refractivity contribution < 1.29 is 27.2 Å². The Kier molecular flexibility index (Phi) is 7.77. The number of benzene rings is 1. The number of ketones is 1. The first-order chi connectivity index (χ1) is 18.1. The van der Waals surface area contributed by atoms with Gasteiger partial charge in [0.15, 0.2) is 16.6 Å². The predicted molar refractivity (Wildman–Crippen MR) is 140 cm³/mol. The van der Waals surface area contributed by atoms with Crippen molar-refractivity contribution >= 4 is 38.6 Å². The molecule has 38 heavy (non-hydrogen) atoms. The molecule has 3 aromatic rings. The van der Waals surface area contributed by atoms with Gasteiger partial charge >= 0.3 is 0 Å². The number of nitrogens with one attached hydrogen (secondary N) is 2. The van der Waals surface area contributed by atoms with Crippen LogP contribution in [0.5, 0.6) is 0 Å². The summed E-state index contributed by atoms with van der Waals surface area (Å²) < 4.78 is 32.7. The van der Waals surface area contributed by atoms with Gasteiger partial charge in [0.2, 0.25) is 5.91 Å². The summed E-state index contributed by atoms with van der Waals surface area (Å²) in [5.74, 6) is -1.67. The molecule has 4 rings (SSSR count). The van der Waals surface area contributed by atoms with Crippen LogP contribution in [0.3, 0.4) is 0 Å². The van der Waals surface area contributed by atoms with Crippen LogP contribution >= 0.6 is 0 Å². The number of hydrogen-bond acceptors (Lipinski definition) is 7. The molecule has 11 heteroatoms. The quantitative estimate of drug-likeness (QED) is 0.451. The van der Waals surface area contributed by atoms with E-state index in [1.165, 1.54) is 30.5 Å². The maximum absolute atomic E-state index is 13.2. The summed E-state index contributed by atoms with van der Waals surface area (Å²) in [7, 11) is -4.09. The van der Waals surface area contributed by atoms with Crippen LogP contribution in [0.1, 0.15) is 37.7 Å². The zero-order chi connectivity index (χ0) is 27.4. The number of rotatable bonds is 8. The minimum atomic E-state index is -4.09. The number of para-hydroxylation sites is 1. The minimum Gasteiger partial charge on any atom is -0.451 e. The lowest BCUT2D eigenvalue weighted by Crippen LogP contribution is -2.48. The van der Waals surface area contributed by atoms with Gasteiger partial charge in [0.05, 0.1) is 12.2 Å². The Bertz CT molecular complexity index is 1510. The first-order valence-electron chi connectivity index (χ1n) is 12.0. The molecule has 0 aliphatic carbocycles. The van der Waals surface area contributed by atoms with E-state index in [1.807, 2.05) is 26.0 Å². The van der Waals surface area contributed by atoms with Gasteiger partial charge in [-0.1, -0.05) is 38.1 Å². The van der Waals surface area contributed by atoms with Crippen LogP contribution in [0.15, 0.2) is 87.7 Å². The van der Waals surface area contributed by atoms with Gasteiger partial charge in [0.25, 0.3) is 15.9 Å². The molecule has 0 saturated carbocycles. The van der Waals surface area contributed by atoms with E-state index in [-0.39, 0.29) is 28.1 Å². The molecule has 3 heterocycles. The van der Waals surface area contributed by atoms with Gasteiger partial charge in [-0.05, 0) is 55.7 Å². The second kappa shape index (κ2) is 11.0. The molecule has 0 bridgehead atoms. The summed E-state index contributed by atoms with van der Waals surface area (Å²) in [4.78, 5) is 43.0. The maximum atomic E-state index is 13.2. The molecule has 198 valence electrons. The fraction of sp³-hybridized carbons (Fsp3) is 0.259. The lowest BCUT2D eigenvalue weighted by molar-refractivity contribution is -0.124. The number of fused-ring (bicyclic) bond motifs is 1. The molecular weight excluding hydrogens is 508 g/mol. The molecule has 0 fully saturated rings. The first-order valence-corrected chi connectivity index (χ1v) is 13.5. The number of carbonyl (C=O) groups excluding carboxylic acids is 3. The van der Waals surface area contributed by atoms with E-state index in [0.717, 1.165) is 9.69 Å². The van der Waals surface area contributed by atoms with Crippen molar-refractivity contribution in [2.24, 2.45) is 5.92 Å². The van der Waals surface area contributed by atoms with Crippen molar-refractivity contribution in [3.8, 4) is 0 Å². The normalized spacial score (nSPS) is 15.1. The number of Topliss-reactive ketones (excluding diaryl/α,β-unsaturated/α-hetero) is 1. The molecule has 0 saturated heterocycles. The van der Waals surface area contributed by atoms with Crippen LogP contribution in [0, 0.1) is 5.92 Å². The van der Waals surface area contributed by atoms with E-state index >= 15 is 0 Å². The molecule has 1 atom stereocenters. The number of nitrogens with zero attached hydrogens (tertiary/aromatic N) is 2. The van der Waals surface area contributed by atoms with Crippen LogP contribution in [0.25, 0.3) is 11.0 Å². The fourth-order valence-corrected chi connectivity index (χ4v) is 5.36. The second-order valence-corrected chi connectivity index (χ2v) is 11.1. The molecule has 2 aromatic heterocycles. The van der Waals surface area contributed by atoms with Crippen LogP contribution in [0.2, 0.25) is 0 Å². The summed E-state index contributed by atoms with van der Waals surface area (Å²) in [6, 6.07) is 12.3. The topological polar surface area (TPSA) is 139 Å². The van der Waals surface area contributed by atoms with Gasteiger partial charge in [-0.2, -0.15) is 8.42 Å². The van der Waals surface area contributed by atoms with Gasteiger partial charge in [-0.15, -0.1) is 0 Å². The molecule has 1 aliphatic heterocycles. The Morgan fingerprint density at radius 2 is 1.84 bits per heavy atom. The summed E-state index contributed by atoms with van der Waals surface area (Å²) in [5.41, 5.74) is 0.745. The van der Waals surface area contributed by atoms with Crippen LogP contribution < -0.4 is 10.6 Å². The van der Waals surface area contributed by atoms with Crippen molar-refractivity contribution in [3.63, 3.8) is 0 Å². The van der Waals surface area contributed by atoms with Crippen LogP contribution in [-0.4, -0.2) is 47.9 Å². The van der Waals surface area contributed by atoms with Gasteiger partial charge in [0, 0.05) is 17.3 Å².